The Morgan fingerprint density at radius 2 is 1.71 bits per heavy atom. The highest BCUT2D eigenvalue weighted by molar-refractivity contribution is 4.78. The van der Waals surface area contributed by atoms with Crippen LogP contribution in [0.1, 0.15) is 60.3 Å². The first kappa shape index (κ1) is 12.1. The standard InChI is InChI=1S/C14H28/c1-10(2)8-14-9-11(3)6-7-12(4)13(14)5/h10-14H,6-9H2,1-5H3. The van der Waals surface area contributed by atoms with Crippen LogP contribution in [-0.4, -0.2) is 0 Å². The molecule has 0 bridgehead atoms. The van der Waals surface area contributed by atoms with Gasteiger partial charge in [0.1, 0.15) is 0 Å². The summed E-state index contributed by atoms with van der Waals surface area (Å²) in [7, 11) is 0. The van der Waals surface area contributed by atoms with Gasteiger partial charge in [0.15, 0.2) is 0 Å². The van der Waals surface area contributed by atoms with E-state index in [1.165, 1.54) is 25.7 Å². The highest BCUT2D eigenvalue weighted by Crippen LogP contribution is 2.38. The highest BCUT2D eigenvalue weighted by Gasteiger charge is 2.28. The molecule has 0 aromatic rings. The smallest absolute Gasteiger partial charge is 0.0381 e. The lowest BCUT2D eigenvalue weighted by Gasteiger charge is -2.28. The molecule has 1 fully saturated rings. The SMILES string of the molecule is CC(C)CC1CC(C)CCC(C)C1C. The minimum absolute atomic E-state index is 0.875. The molecular formula is C14H28. The molecule has 0 aromatic heterocycles. The molecule has 0 nitrogen and oxygen atoms in total. The first-order chi connectivity index (χ1) is 6.50. The molecule has 0 aromatic carbocycles. The van der Waals surface area contributed by atoms with Crippen LogP contribution in [-0.2, 0) is 0 Å². The molecule has 0 saturated heterocycles. The number of hydrogen-bond acceptors (Lipinski definition) is 0. The van der Waals surface area contributed by atoms with Gasteiger partial charge in [0.05, 0.1) is 0 Å². The van der Waals surface area contributed by atoms with Crippen molar-refractivity contribution < 1.29 is 0 Å². The molecule has 84 valence electrons. The Kier molecular flexibility index (Phi) is 4.47. The van der Waals surface area contributed by atoms with Gasteiger partial charge in [0.2, 0.25) is 0 Å². The van der Waals surface area contributed by atoms with E-state index in [-0.39, 0.29) is 0 Å². The first-order valence-corrected chi connectivity index (χ1v) is 6.50. The molecular weight excluding hydrogens is 168 g/mol. The van der Waals surface area contributed by atoms with E-state index in [1.54, 1.807) is 0 Å². The number of hydrogen-bond donors (Lipinski definition) is 0. The van der Waals surface area contributed by atoms with Crippen molar-refractivity contribution in [2.45, 2.75) is 60.3 Å². The molecule has 4 unspecified atom stereocenters. The lowest BCUT2D eigenvalue weighted by Crippen LogP contribution is -2.19. The second-order valence-electron chi connectivity index (χ2n) is 6.14. The van der Waals surface area contributed by atoms with Crippen LogP contribution in [0.2, 0.25) is 0 Å². The quantitative estimate of drug-likeness (QED) is 0.560. The summed E-state index contributed by atoms with van der Waals surface area (Å²) in [6, 6.07) is 0. The van der Waals surface area contributed by atoms with Crippen LogP contribution >= 0.6 is 0 Å². The summed E-state index contributed by atoms with van der Waals surface area (Å²) in [5.74, 6) is 4.72. The Morgan fingerprint density at radius 1 is 1.07 bits per heavy atom. The minimum atomic E-state index is 0.875. The predicted octanol–water partition coefficient (Wildman–Crippen LogP) is 4.74. The van der Waals surface area contributed by atoms with Gasteiger partial charge in [-0.3, -0.25) is 0 Å². The summed E-state index contributed by atoms with van der Waals surface area (Å²) in [6.45, 7) is 12.1. The molecule has 0 aliphatic heterocycles. The minimum Gasteiger partial charge on any atom is -0.0628 e. The van der Waals surface area contributed by atoms with Crippen molar-refractivity contribution in [1.29, 1.82) is 0 Å². The van der Waals surface area contributed by atoms with Crippen molar-refractivity contribution >= 4 is 0 Å². The Bertz CT molecular complexity index is 159. The lowest BCUT2D eigenvalue weighted by molar-refractivity contribution is 0.223. The van der Waals surface area contributed by atoms with Crippen LogP contribution in [0.15, 0.2) is 0 Å². The Hall–Kier alpha value is 0. The summed E-state index contributed by atoms with van der Waals surface area (Å²) < 4.78 is 0. The zero-order chi connectivity index (χ0) is 10.7. The van der Waals surface area contributed by atoms with E-state index < -0.39 is 0 Å². The lowest BCUT2D eigenvalue weighted by atomic mass is 9.78. The van der Waals surface area contributed by atoms with Crippen molar-refractivity contribution in [3.8, 4) is 0 Å². The van der Waals surface area contributed by atoms with Gasteiger partial charge in [0, 0.05) is 0 Å². The van der Waals surface area contributed by atoms with E-state index in [0.29, 0.717) is 0 Å². The van der Waals surface area contributed by atoms with E-state index in [9.17, 15) is 0 Å². The third-order valence-corrected chi connectivity index (χ3v) is 4.24. The molecule has 1 aliphatic carbocycles. The molecule has 0 spiro atoms. The van der Waals surface area contributed by atoms with Gasteiger partial charge in [-0.1, -0.05) is 47.5 Å². The maximum Gasteiger partial charge on any atom is -0.0381 e. The largest absolute Gasteiger partial charge is 0.0628 e. The Labute approximate surface area is 90.5 Å². The summed E-state index contributed by atoms with van der Waals surface area (Å²) in [6.07, 6.45) is 5.83. The van der Waals surface area contributed by atoms with Gasteiger partial charge in [-0.15, -0.1) is 0 Å². The second kappa shape index (κ2) is 5.19. The van der Waals surface area contributed by atoms with Crippen molar-refractivity contribution in [1.82, 2.24) is 0 Å². The van der Waals surface area contributed by atoms with Crippen LogP contribution in [0.5, 0.6) is 0 Å². The predicted molar refractivity (Wildman–Crippen MR) is 64.3 cm³/mol. The second-order valence-corrected chi connectivity index (χ2v) is 6.14. The van der Waals surface area contributed by atoms with E-state index >= 15 is 0 Å². The van der Waals surface area contributed by atoms with Crippen LogP contribution in [0.3, 0.4) is 0 Å². The molecule has 0 heterocycles. The molecule has 1 aliphatic rings. The summed E-state index contributed by atoms with van der Waals surface area (Å²) in [4.78, 5) is 0. The van der Waals surface area contributed by atoms with Crippen molar-refractivity contribution in [2.24, 2.45) is 29.6 Å². The molecule has 1 saturated carbocycles. The maximum atomic E-state index is 2.48. The molecule has 0 amide bonds. The van der Waals surface area contributed by atoms with E-state index in [1.807, 2.05) is 0 Å². The summed E-state index contributed by atoms with van der Waals surface area (Å²) in [5, 5.41) is 0. The Morgan fingerprint density at radius 3 is 2.29 bits per heavy atom. The van der Waals surface area contributed by atoms with Crippen LogP contribution in [0, 0.1) is 29.6 Å². The number of rotatable bonds is 2. The molecule has 4 atom stereocenters. The third kappa shape index (κ3) is 3.29. The van der Waals surface area contributed by atoms with Gasteiger partial charge in [0.25, 0.3) is 0 Å². The van der Waals surface area contributed by atoms with Crippen LogP contribution in [0.4, 0.5) is 0 Å². The fourth-order valence-electron chi connectivity index (χ4n) is 3.04. The normalized spacial score (nSPS) is 39.9. The summed E-state index contributed by atoms with van der Waals surface area (Å²) >= 11 is 0. The average Bonchev–Trinajstić information content (AvgIpc) is 2.19. The van der Waals surface area contributed by atoms with Crippen LogP contribution < -0.4 is 0 Å². The molecule has 14 heavy (non-hydrogen) atoms. The van der Waals surface area contributed by atoms with Gasteiger partial charge >= 0.3 is 0 Å². The molecule has 0 radical (unpaired) electrons. The molecule has 1 rings (SSSR count). The topological polar surface area (TPSA) is 0 Å². The first-order valence-electron chi connectivity index (χ1n) is 6.50. The van der Waals surface area contributed by atoms with Gasteiger partial charge in [-0.25, -0.2) is 0 Å². The van der Waals surface area contributed by atoms with Gasteiger partial charge in [-0.05, 0) is 42.4 Å². The average molecular weight is 196 g/mol. The fourth-order valence-corrected chi connectivity index (χ4v) is 3.04. The van der Waals surface area contributed by atoms with Gasteiger partial charge < -0.3 is 0 Å². The van der Waals surface area contributed by atoms with Crippen molar-refractivity contribution in [3.05, 3.63) is 0 Å². The monoisotopic (exact) mass is 196 g/mol. The zero-order valence-electron chi connectivity index (χ0n) is 10.7. The van der Waals surface area contributed by atoms with E-state index in [0.717, 1.165) is 29.6 Å². The fraction of sp³-hybridized carbons (Fsp3) is 1.00. The molecule has 0 N–H and O–H groups in total. The van der Waals surface area contributed by atoms with E-state index in [4.69, 9.17) is 0 Å². The van der Waals surface area contributed by atoms with Crippen molar-refractivity contribution in [3.63, 3.8) is 0 Å². The molecule has 0 heteroatoms. The Balaban J connectivity index is 2.58. The maximum absolute atomic E-state index is 2.48. The van der Waals surface area contributed by atoms with E-state index in [2.05, 4.69) is 34.6 Å². The van der Waals surface area contributed by atoms with Crippen LogP contribution in [0.25, 0.3) is 0 Å². The highest BCUT2D eigenvalue weighted by atomic mass is 14.3. The van der Waals surface area contributed by atoms with Gasteiger partial charge in [-0.2, -0.15) is 0 Å². The zero-order valence-corrected chi connectivity index (χ0v) is 10.7. The third-order valence-electron chi connectivity index (χ3n) is 4.24. The van der Waals surface area contributed by atoms with Crippen molar-refractivity contribution in [2.75, 3.05) is 0 Å². The summed E-state index contributed by atoms with van der Waals surface area (Å²) in [5.41, 5.74) is 0.